The third-order valence-electron chi connectivity index (χ3n) is 5.72. The summed E-state index contributed by atoms with van der Waals surface area (Å²) in [4.78, 5) is 9.15. The molecule has 0 aliphatic carbocycles. The standard InChI is InChI=1S/C26H21N7O/c1-18-15-31(17-27-18)24-13-12-19(14-25(24)34-2)22-16-32(30-29-22)26-28-21-10-6-7-11-23(21)33(26)20-8-4-3-5-9-20/h3-17H,1-2H3. The van der Waals surface area contributed by atoms with Crippen molar-refractivity contribution in [3.63, 3.8) is 0 Å². The van der Waals surface area contributed by atoms with E-state index in [9.17, 15) is 0 Å². The van der Waals surface area contributed by atoms with Gasteiger partial charge in [-0.15, -0.1) is 5.10 Å². The van der Waals surface area contributed by atoms with Gasteiger partial charge in [0.25, 0.3) is 0 Å². The van der Waals surface area contributed by atoms with Gasteiger partial charge in [0.15, 0.2) is 0 Å². The van der Waals surface area contributed by atoms with Crippen LogP contribution in [0.1, 0.15) is 5.69 Å². The van der Waals surface area contributed by atoms with Crippen LogP contribution in [0.4, 0.5) is 0 Å². The van der Waals surface area contributed by atoms with Gasteiger partial charge in [-0.2, -0.15) is 4.68 Å². The molecule has 6 rings (SSSR count). The first-order valence-electron chi connectivity index (χ1n) is 10.9. The van der Waals surface area contributed by atoms with Crippen LogP contribution in [0.2, 0.25) is 0 Å². The highest BCUT2D eigenvalue weighted by Crippen LogP contribution is 2.30. The van der Waals surface area contributed by atoms with Gasteiger partial charge in [-0.25, -0.2) is 9.97 Å². The Morgan fingerprint density at radius 3 is 2.50 bits per heavy atom. The van der Waals surface area contributed by atoms with E-state index < -0.39 is 0 Å². The first-order valence-corrected chi connectivity index (χ1v) is 10.9. The minimum atomic E-state index is 0.670. The Labute approximate surface area is 195 Å². The fourth-order valence-corrected chi connectivity index (χ4v) is 4.10. The fourth-order valence-electron chi connectivity index (χ4n) is 4.10. The monoisotopic (exact) mass is 447 g/mol. The molecule has 3 aromatic heterocycles. The Morgan fingerprint density at radius 2 is 1.71 bits per heavy atom. The predicted molar refractivity (Wildman–Crippen MR) is 130 cm³/mol. The second-order valence-electron chi connectivity index (χ2n) is 7.93. The Kier molecular flexibility index (Phi) is 4.69. The number of nitrogens with zero attached hydrogens (tertiary/aromatic N) is 7. The smallest absolute Gasteiger partial charge is 0.237 e. The summed E-state index contributed by atoms with van der Waals surface area (Å²) in [6, 6.07) is 24.1. The molecule has 0 fully saturated rings. The molecule has 0 radical (unpaired) electrons. The quantitative estimate of drug-likeness (QED) is 0.380. The van der Waals surface area contributed by atoms with E-state index in [-0.39, 0.29) is 0 Å². The Bertz CT molecular complexity index is 1610. The number of aryl methyl sites for hydroxylation is 1. The van der Waals surface area contributed by atoms with E-state index in [4.69, 9.17) is 9.72 Å². The third kappa shape index (κ3) is 3.32. The number of ether oxygens (including phenoxy) is 1. The molecule has 0 aliphatic rings. The molecule has 8 nitrogen and oxygen atoms in total. The molecule has 0 bridgehead atoms. The lowest BCUT2D eigenvalue weighted by atomic mass is 10.1. The number of methoxy groups -OCH3 is 1. The molecule has 34 heavy (non-hydrogen) atoms. The van der Waals surface area contributed by atoms with Gasteiger partial charge in [-0.05, 0) is 43.3 Å². The van der Waals surface area contributed by atoms with Crippen LogP contribution in [0, 0.1) is 6.92 Å². The number of hydrogen-bond acceptors (Lipinski definition) is 5. The van der Waals surface area contributed by atoms with E-state index in [2.05, 4.69) is 38.1 Å². The first-order chi connectivity index (χ1) is 16.7. The summed E-state index contributed by atoms with van der Waals surface area (Å²) in [5.74, 6) is 1.39. The van der Waals surface area contributed by atoms with Crippen LogP contribution in [-0.2, 0) is 0 Å². The summed E-state index contributed by atoms with van der Waals surface area (Å²) in [6.07, 6.45) is 5.62. The highest BCUT2D eigenvalue weighted by Gasteiger charge is 2.17. The number of benzene rings is 3. The zero-order chi connectivity index (χ0) is 23.1. The Balaban J connectivity index is 1.44. The van der Waals surface area contributed by atoms with Crippen LogP contribution >= 0.6 is 0 Å². The number of rotatable bonds is 5. The lowest BCUT2D eigenvalue weighted by molar-refractivity contribution is 0.413. The first kappa shape index (κ1) is 19.9. The topological polar surface area (TPSA) is 75.6 Å². The molecular weight excluding hydrogens is 426 g/mol. The lowest BCUT2D eigenvalue weighted by Crippen LogP contribution is -2.05. The van der Waals surface area contributed by atoms with Crippen molar-refractivity contribution in [3.8, 4) is 34.3 Å². The molecule has 0 N–H and O–H groups in total. The fraction of sp³-hybridized carbons (Fsp3) is 0.0769. The molecule has 0 spiro atoms. The van der Waals surface area contributed by atoms with Crippen LogP contribution in [-0.4, -0.2) is 41.2 Å². The van der Waals surface area contributed by atoms with E-state index >= 15 is 0 Å². The number of aromatic nitrogens is 7. The lowest BCUT2D eigenvalue weighted by Gasteiger charge is -2.10. The van der Waals surface area contributed by atoms with E-state index in [1.54, 1.807) is 18.1 Å². The summed E-state index contributed by atoms with van der Waals surface area (Å²) in [5.41, 5.74) is 6.36. The van der Waals surface area contributed by atoms with Crippen molar-refractivity contribution in [2.75, 3.05) is 7.11 Å². The zero-order valence-corrected chi connectivity index (χ0v) is 18.7. The van der Waals surface area contributed by atoms with Gasteiger partial charge in [-0.3, -0.25) is 4.57 Å². The van der Waals surface area contributed by atoms with Crippen molar-refractivity contribution in [3.05, 3.63) is 97.2 Å². The van der Waals surface area contributed by atoms with Crippen molar-refractivity contribution < 1.29 is 4.74 Å². The summed E-state index contributed by atoms with van der Waals surface area (Å²) >= 11 is 0. The number of para-hydroxylation sites is 3. The maximum absolute atomic E-state index is 5.66. The molecule has 0 saturated carbocycles. The van der Waals surface area contributed by atoms with Crippen LogP contribution in [0.5, 0.6) is 5.75 Å². The van der Waals surface area contributed by atoms with Gasteiger partial charge in [-0.1, -0.05) is 41.6 Å². The van der Waals surface area contributed by atoms with Gasteiger partial charge in [0.1, 0.15) is 11.4 Å². The summed E-state index contributed by atoms with van der Waals surface area (Å²) < 4.78 is 11.4. The van der Waals surface area contributed by atoms with Gasteiger partial charge in [0, 0.05) is 17.4 Å². The summed E-state index contributed by atoms with van der Waals surface area (Å²) in [6.45, 7) is 1.96. The minimum absolute atomic E-state index is 0.670. The molecule has 3 heterocycles. The zero-order valence-electron chi connectivity index (χ0n) is 18.7. The van der Waals surface area contributed by atoms with Gasteiger partial charge in [0.2, 0.25) is 5.95 Å². The Morgan fingerprint density at radius 1 is 0.882 bits per heavy atom. The SMILES string of the molecule is COc1cc(-c2cn(-c3nc4ccccc4n3-c3ccccc3)nn2)ccc1-n1cnc(C)c1. The highest BCUT2D eigenvalue weighted by atomic mass is 16.5. The normalized spacial score (nSPS) is 11.2. The molecule has 166 valence electrons. The van der Waals surface area contributed by atoms with E-state index in [0.717, 1.165) is 45.1 Å². The number of hydrogen-bond donors (Lipinski definition) is 0. The molecule has 8 heteroatoms. The van der Waals surface area contributed by atoms with E-state index in [1.807, 2.05) is 78.5 Å². The number of imidazole rings is 2. The summed E-state index contributed by atoms with van der Waals surface area (Å²) in [7, 11) is 1.66. The highest BCUT2D eigenvalue weighted by molar-refractivity contribution is 5.79. The average molecular weight is 448 g/mol. The predicted octanol–water partition coefficient (Wildman–Crippen LogP) is 4.78. The van der Waals surface area contributed by atoms with Crippen molar-refractivity contribution in [1.82, 2.24) is 34.1 Å². The van der Waals surface area contributed by atoms with Gasteiger partial charge >= 0.3 is 0 Å². The maximum atomic E-state index is 5.66. The third-order valence-corrected chi connectivity index (χ3v) is 5.72. The van der Waals surface area contributed by atoms with Crippen molar-refractivity contribution >= 4 is 11.0 Å². The molecule has 3 aromatic carbocycles. The molecule has 0 amide bonds. The molecule has 6 aromatic rings. The second-order valence-corrected chi connectivity index (χ2v) is 7.93. The Hall–Kier alpha value is -4.72. The minimum Gasteiger partial charge on any atom is -0.495 e. The van der Waals surface area contributed by atoms with Crippen molar-refractivity contribution in [2.45, 2.75) is 6.92 Å². The summed E-state index contributed by atoms with van der Waals surface area (Å²) in [5, 5.41) is 8.85. The van der Waals surface area contributed by atoms with Crippen LogP contribution in [0.3, 0.4) is 0 Å². The molecule has 0 atom stereocenters. The van der Waals surface area contributed by atoms with E-state index in [1.165, 1.54) is 0 Å². The van der Waals surface area contributed by atoms with Crippen molar-refractivity contribution in [1.29, 1.82) is 0 Å². The van der Waals surface area contributed by atoms with Crippen molar-refractivity contribution in [2.24, 2.45) is 0 Å². The second kappa shape index (κ2) is 8.00. The van der Waals surface area contributed by atoms with Gasteiger partial charge < -0.3 is 9.30 Å². The molecule has 0 unspecified atom stereocenters. The average Bonchev–Trinajstić information content (AvgIpc) is 3.62. The molecule has 0 aliphatic heterocycles. The molecular formula is C26H21N7O. The van der Waals surface area contributed by atoms with Crippen LogP contribution in [0.15, 0.2) is 91.5 Å². The van der Waals surface area contributed by atoms with E-state index in [0.29, 0.717) is 5.95 Å². The van der Waals surface area contributed by atoms with Gasteiger partial charge in [0.05, 0.1) is 42.0 Å². The largest absolute Gasteiger partial charge is 0.495 e. The maximum Gasteiger partial charge on any atom is 0.237 e. The van der Waals surface area contributed by atoms with Crippen LogP contribution in [0.25, 0.3) is 39.6 Å². The van der Waals surface area contributed by atoms with Crippen LogP contribution < -0.4 is 4.74 Å². The number of fused-ring (bicyclic) bond motifs is 1. The molecule has 0 saturated heterocycles.